The van der Waals surface area contributed by atoms with E-state index in [0.29, 0.717) is 30.5 Å². The maximum atomic E-state index is 12.2. The van der Waals surface area contributed by atoms with Crippen molar-refractivity contribution in [2.24, 2.45) is 5.92 Å². The SMILES string of the molecule is CNCc1cc(S(=O)(=O)NCC2CCSC2)c(C)o1. The average Bonchev–Trinajstić information content (AvgIpc) is 2.97. The average molecular weight is 304 g/mol. The summed E-state index contributed by atoms with van der Waals surface area (Å²) in [5.41, 5.74) is 0. The first-order valence-corrected chi connectivity index (χ1v) is 8.98. The van der Waals surface area contributed by atoms with E-state index in [1.807, 2.05) is 11.8 Å². The van der Waals surface area contributed by atoms with Gasteiger partial charge in [-0.25, -0.2) is 13.1 Å². The fraction of sp³-hybridized carbons (Fsp3) is 0.667. The molecule has 5 nitrogen and oxygen atoms in total. The standard InChI is InChI=1S/C12H20N2O3S2/c1-9-12(5-11(17-9)7-13-2)19(15,16)14-6-10-3-4-18-8-10/h5,10,13-14H,3-4,6-8H2,1-2H3. The molecular formula is C12H20N2O3S2. The van der Waals surface area contributed by atoms with E-state index in [1.54, 1.807) is 20.0 Å². The Bertz CT molecular complexity index is 519. The zero-order valence-corrected chi connectivity index (χ0v) is 12.9. The number of sulfonamides is 1. The number of rotatable bonds is 6. The number of hydrogen-bond acceptors (Lipinski definition) is 5. The van der Waals surface area contributed by atoms with Crippen LogP contribution in [0.2, 0.25) is 0 Å². The van der Waals surface area contributed by atoms with E-state index in [-0.39, 0.29) is 4.90 Å². The summed E-state index contributed by atoms with van der Waals surface area (Å²) in [4.78, 5) is 0.253. The highest BCUT2D eigenvalue weighted by Crippen LogP contribution is 2.24. The van der Waals surface area contributed by atoms with Crippen LogP contribution in [0, 0.1) is 12.8 Å². The van der Waals surface area contributed by atoms with Gasteiger partial charge >= 0.3 is 0 Å². The van der Waals surface area contributed by atoms with Crippen molar-refractivity contribution in [1.29, 1.82) is 0 Å². The second-order valence-electron chi connectivity index (χ2n) is 4.74. The number of thioether (sulfide) groups is 1. The van der Waals surface area contributed by atoms with Gasteiger partial charge in [0.25, 0.3) is 0 Å². The number of nitrogens with one attached hydrogen (secondary N) is 2. The quantitative estimate of drug-likeness (QED) is 0.830. The Kier molecular flexibility index (Phi) is 4.94. The maximum absolute atomic E-state index is 12.2. The lowest BCUT2D eigenvalue weighted by molar-refractivity contribution is 0.465. The molecule has 1 aromatic rings. The van der Waals surface area contributed by atoms with Crippen molar-refractivity contribution in [3.05, 3.63) is 17.6 Å². The molecule has 0 aliphatic carbocycles. The summed E-state index contributed by atoms with van der Waals surface area (Å²) in [7, 11) is -1.66. The van der Waals surface area contributed by atoms with Crippen molar-refractivity contribution in [3.8, 4) is 0 Å². The van der Waals surface area contributed by atoms with Crippen LogP contribution >= 0.6 is 11.8 Å². The van der Waals surface area contributed by atoms with Crippen molar-refractivity contribution in [3.63, 3.8) is 0 Å². The van der Waals surface area contributed by atoms with Crippen molar-refractivity contribution < 1.29 is 12.8 Å². The molecule has 0 spiro atoms. The second-order valence-corrected chi connectivity index (χ2v) is 7.63. The third kappa shape index (κ3) is 3.75. The third-order valence-corrected chi connectivity index (χ3v) is 5.91. The molecule has 1 aliphatic rings. The Labute approximate surface area is 118 Å². The lowest BCUT2D eigenvalue weighted by atomic mass is 10.1. The first-order chi connectivity index (χ1) is 9.03. The summed E-state index contributed by atoms with van der Waals surface area (Å²) < 4.78 is 32.6. The number of aryl methyl sites for hydroxylation is 1. The summed E-state index contributed by atoms with van der Waals surface area (Å²) in [5.74, 6) is 3.69. The van der Waals surface area contributed by atoms with Crippen molar-refractivity contribution >= 4 is 21.8 Å². The molecule has 1 aliphatic heterocycles. The summed E-state index contributed by atoms with van der Waals surface area (Å²) in [6, 6.07) is 1.59. The van der Waals surface area contributed by atoms with Crippen LogP contribution in [0.25, 0.3) is 0 Å². The molecule has 2 N–H and O–H groups in total. The van der Waals surface area contributed by atoms with Gasteiger partial charge in [-0.2, -0.15) is 11.8 Å². The van der Waals surface area contributed by atoms with Crippen LogP contribution in [0.1, 0.15) is 17.9 Å². The van der Waals surface area contributed by atoms with Gasteiger partial charge in [0.2, 0.25) is 10.0 Å². The van der Waals surface area contributed by atoms with Crippen molar-refractivity contribution in [2.45, 2.75) is 24.8 Å². The topological polar surface area (TPSA) is 71.3 Å². The molecule has 0 amide bonds. The molecule has 2 rings (SSSR count). The number of furan rings is 1. The molecular weight excluding hydrogens is 284 g/mol. The van der Waals surface area contributed by atoms with Crippen LogP contribution in [0.5, 0.6) is 0 Å². The van der Waals surface area contributed by atoms with Gasteiger partial charge in [0, 0.05) is 12.6 Å². The highest BCUT2D eigenvalue weighted by atomic mass is 32.2. The summed E-state index contributed by atoms with van der Waals surface area (Å²) in [6.45, 7) is 2.72. The van der Waals surface area contributed by atoms with Crippen LogP contribution in [0.3, 0.4) is 0 Å². The summed E-state index contributed by atoms with van der Waals surface area (Å²) >= 11 is 1.88. The van der Waals surface area contributed by atoms with Crippen LogP contribution in [-0.2, 0) is 16.6 Å². The summed E-state index contributed by atoms with van der Waals surface area (Å²) in [6.07, 6.45) is 1.09. The zero-order chi connectivity index (χ0) is 13.9. The summed E-state index contributed by atoms with van der Waals surface area (Å²) in [5, 5.41) is 2.94. The van der Waals surface area contributed by atoms with Gasteiger partial charge in [-0.15, -0.1) is 0 Å². The Hall–Kier alpha value is -0.500. The molecule has 2 heterocycles. The minimum atomic E-state index is -3.46. The van der Waals surface area contributed by atoms with Crippen LogP contribution in [-0.4, -0.2) is 33.5 Å². The number of hydrogen-bond donors (Lipinski definition) is 2. The van der Waals surface area contributed by atoms with Crippen molar-refractivity contribution in [1.82, 2.24) is 10.0 Å². The molecule has 0 aromatic carbocycles. The van der Waals surface area contributed by atoms with Gasteiger partial charge in [-0.1, -0.05) is 0 Å². The van der Waals surface area contributed by atoms with E-state index in [9.17, 15) is 8.42 Å². The Morgan fingerprint density at radius 3 is 2.95 bits per heavy atom. The monoisotopic (exact) mass is 304 g/mol. The van der Waals surface area contributed by atoms with Gasteiger partial charge in [0.05, 0.1) is 6.54 Å². The molecule has 19 heavy (non-hydrogen) atoms. The van der Waals surface area contributed by atoms with Crippen LogP contribution in [0.4, 0.5) is 0 Å². The van der Waals surface area contributed by atoms with Crippen LogP contribution < -0.4 is 10.0 Å². The van der Waals surface area contributed by atoms with Crippen molar-refractivity contribution in [2.75, 3.05) is 25.1 Å². The van der Waals surface area contributed by atoms with E-state index in [0.717, 1.165) is 17.9 Å². The lowest BCUT2D eigenvalue weighted by Gasteiger charge is -2.09. The first kappa shape index (κ1) is 14.9. The fourth-order valence-corrected chi connectivity index (χ4v) is 4.70. The van der Waals surface area contributed by atoms with E-state index in [1.165, 1.54) is 0 Å². The molecule has 7 heteroatoms. The minimum absolute atomic E-state index is 0.253. The fourth-order valence-electron chi connectivity index (χ4n) is 2.10. The van der Waals surface area contributed by atoms with E-state index < -0.39 is 10.0 Å². The molecule has 0 saturated carbocycles. The molecule has 0 radical (unpaired) electrons. The van der Waals surface area contributed by atoms with E-state index in [4.69, 9.17) is 4.42 Å². The first-order valence-electron chi connectivity index (χ1n) is 6.34. The minimum Gasteiger partial charge on any atom is -0.464 e. The highest BCUT2D eigenvalue weighted by Gasteiger charge is 2.23. The molecule has 1 fully saturated rings. The third-order valence-electron chi connectivity index (χ3n) is 3.15. The highest BCUT2D eigenvalue weighted by molar-refractivity contribution is 7.99. The molecule has 1 saturated heterocycles. The molecule has 108 valence electrons. The second kappa shape index (κ2) is 6.30. The van der Waals surface area contributed by atoms with Gasteiger partial charge < -0.3 is 9.73 Å². The van der Waals surface area contributed by atoms with Crippen LogP contribution in [0.15, 0.2) is 15.4 Å². The molecule has 1 unspecified atom stereocenters. The van der Waals surface area contributed by atoms with E-state index in [2.05, 4.69) is 10.0 Å². The Morgan fingerprint density at radius 1 is 1.53 bits per heavy atom. The van der Waals surface area contributed by atoms with Gasteiger partial charge in [-0.3, -0.25) is 0 Å². The smallest absolute Gasteiger partial charge is 0.244 e. The lowest BCUT2D eigenvalue weighted by Crippen LogP contribution is -2.29. The van der Waals surface area contributed by atoms with E-state index >= 15 is 0 Å². The molecule has 1 atom stereocenters. The molecule has 1 aromatic heterocycles. The maximum Gasteiger partial charge on any atom is 0.244 e. The van der Waals surface area contributed by atoms with Gasteiger partial charge in [-0.05, 0) is 37.8 Å². The largest absolute Gasteiger partial charge is 0.464 e. The predicted molar refractivity (Wildman–Crippen MR) is 76.8 cm³/mol. The van der Waals surface area contributed by atoms with Gasteiger partial charge in [0.15, 0.2) is 0 Å². The predicted octanol–water partition coefficient (Wildman–Crippen LogP) is 1.34. The Morgan fingerprint density at radius 2 is 2.32 bits per heavy atom. The van der Waals surface area contributed by atoms with Gasteiger partial charge in [0.1, 0.15) is 16.4 Å². The normalized spacial score (nSPS) is 20.0. The molecule has 0 bridgehead atoms. The zero-order valence-electron chi connectivity index (χ0n) is 11.2. The Balaban J connectivity index is 2.05.